The summed E-state index contributed by atoms with van der Waals surface area (Å²) in [6, 6.07) is 3.69. The van der Waals surface area contributed by atoms with Gasteiger partial charge in [0.15, 0.2) is 11.6 Å². The van der Waals surface area contributed by atoms with Crippen molar-refractivity contribution in [1.82, 2.24) is 14.8 Å². The van der Waals surface area contributed by atoms with E-state index in [0.29, 0.717) is 18.2 Å². The van der Waals surface area contributed by atoms with E-state index in [1.807, 2.05) is 12.1 Å². The summed E-state index contributed by atoms with van der Waals surface area (Å²) in [6.45, 7) is 6.11. The van der Waals surface area contributed by atoms with Crippen molar-refractivity contribution in [2.24, 2.45) is 0 Å². The molecule has 5 heteroatoms. The highest BCUT2D eigenvalue weighted by Crippen LogP contribution is 2.16. The third-order valence-electron chi connectivity index (χ3n) is 3.06. The van der Waals surface area contributed by atoms with Crippen molar-refractivity contribution in [1.29, 1.82) is 0 Å². The average molecular weight is 236 g/mol. The molecule has 0 saturated carbocycles. The Balaban J connectivity index is 1.71. The fraction of sp³-hybridized carbons (Fsp3) is 0.583. The van der Waals surface area contributed by atoms with Crippen molar-refractivity contribution in [2.45, 2.75) is 0 Å². The van der Waals surface area contributed by atoms with E-state index >= 15 is 0 Å². The second kappa shape index (κ2) is 5.84. The zero-order chi connectivity index (χ0) is 12.1. The third-order valence-corrected chi connectivity index (χ3v) is 3.06. The van der Waals surface area contributed by atoms with Crippen molar-refractivity contribution < 1.29 is 4.74 Å². The van der Waals surface area contributed by atoms with Crippen molar-refractivity contribution >= 4 is 5.82 Å². The summed E-state index contributed by atoms with van der Waals surface area (Å²) in [4.78, 5) is 8.74. The number of pyridine rings is 1. The number of ether oxygens (including phenoxy) is 1. The molecule has 0 radical (unpaired) electrons. The van der Waals surface area contributed by atoms with Crippen molar-refractivity contribution in [3.8, 4) is 5.75 Å². The van der Waals surface area contributed by atoms with E-state index in [1.54, 1.807) is 6.20 Å². The molecule has 0 amide bonds. The molecule has 0 bridgehead atoms. The second-order valence-corrected chi connectivity index (χ2v) is 4.38. The van der Waals surface area contributed by atoms with Gasteiger partial charge in [0.25, 0.3) is 0 Å². The lowest BCUT2D eigenvalue weighted by molar-refractivity contribution is 0.134. The van der Waals surface area contributed by atoms with Gasteiger partial charge in [0.2, 0.25) is 0 Å². The summed E-state index contributed by atoms with van der Waals surface area (Å²) in [6.07, 6.45) is 1.67. The Morgan fingerprint density at radius 2 is 2.12 bits per heavy atom. The van der Waals surface area contributed by atoms with Gasteiger partial charge < -0.3 is 15.4 Å². The average Bonchev–Trinajstić information content (AvgIpc) is 2.34. The van der Waals surface area contributed by atoms with Gasteiger partial charge >= 0.3 is 0 Å². The molecule has 1 aliphatic heterocycles. The lowest BCUT2D eigenvalue weighted by Gasteiger charge is -2.32. The first-order valence-electron chi connectivity index (χ1n) is 6.00. The van der Waals surface area contributed by atoms with Crippen LogP contribution in [-0.4, -0.2) is 61.2 Å². The van der Waals surface area contributed by atoms with Crippen LogP contribution in [0.4, 0.5) is 5.82 Å². The zero-order valence-corrected chi connectivity index (χ0v) is 10.3. The molecule has 1 aromatic heterocycles. The van der Waals surface area contributed by atoms with Gasteiger partial charge in [0.1, 0.15) is 6.61 Å². The number of nitrogens with two attached hydrogens (primary N) is 1. The molecule has 0 aliphatic carbocycles. The van der Waals surface area contributed by atoms with Crippen LogP contribution in [0.2, 0.25) is 0 Å². The van der Waals surface area contributed by atoms with Gasteiger partial charge in [-0.2, -0.15) is 0 Å². The number of piperazine rings is 1. The summed E-state index contributed by atoms with van der Waals surface area (Å²) in [7, 11) is 2.16. The maximum atomic E-state index is 5.70. The van der Waals surface area contributed by atoms with E-state index in [0.717, 1.165) is 32.7 Å². The van der Waals surface area contributed by atoms with Gasteiger partial charge in [0.05, 0.1) is 0 Å². The monoisotopic (exact) mass is 236 g/mol. The predicted octanol–water partition coefficient (Wildman–Crippen LogP) is 0.290. The fourth-order valence-electron chi connectivity index (χ4n) is 1.88. The Labute approximate surface area is 102 Å². The molecule has 1 aliphatic rings. The predicted molar refractivity (Wildman–Crippen MR) is 68.1 cm³/mol. The smallest absolute Gasteiger partial charge is 0.166 e. The molecule has 0 atom stereocenters. The van der Waals surface area contributed by atoms with Crippen LogP contribution in [0.5, 0.6) is 5.75 Å². The molecule has 0 unspecified atom stereocenters. The number of likely N-dealkylation sites (N-methyl/N-ethyl adjacent to an activating group) is 1. The van der Waals surface area contributed by atoms with Gasteiger partial charge in [-0.05, 0) is 19.2 Å². The maximum Gasteiger partial charge on any atom is 0.166 e. The minimum Gasteiger partial charge on any atom is -0.488 e. The molecule has 2 rings (SSSR count). The second-order valence-electron chi connectivity index (χ2n) is 4.38. The quantitative estimate of drug-likeness (QED) is 0.814. The van der Waals surface area contributed by atoms with Crippen LogP contribution in [0.15, 0.2) is 18.3 Å². The lowest BCUT2D eigenvalue weighted by atomic mass is 10.3. The minimum atomic E-state index is 0.464. The summed E-state index contributed by atoms with van der Waals surface area (Å²) in [5.41, 5.74) is 5.70. The normalized spacial score (nSPS) is 18.2. The number of aromatic nitrogens is 1. The Kier molecular flexibility index (Phi) is 4.17. The summed E-state index contributed by atoms with van der Waals surface area (Å²) >= 11 is 0. The first-order valence-corrected chi connectivity index (χ1v) is 6.00. The SMILES string of the molecule is CN1CCN(CCOc2cccnc2N)CC1. The number of anilines is 1. The number of rotatable bonds is 4. The van der Waals surface area contributed by atoms with Crippen LogP contribution < -0.4 is 10.5 Å². The summed E-state index contributed by atoms with van der Waals surface area (Å²) in [5.74, 6) is 1.15. The largest absolute Gasteiger partial charge is 0.488 e. The molecular weight excluding hydrogens is 216 g/mol. The van der Waals surface area contributed by atoms with E-state index in [-0.39, 0.29) is 0 Å². The molecule has 5 nitrogen and oxygen atoms in total. The van der Waals surface area contributed by atoms with E-state index in [9.17, 15) is 0 Å². The number of hydrogen-bond donors (Lipinski definition) is 1. The molecule has 2 heterocycles. The molecule has 17 heavy (non-hydrogen) atoms. The first-order chi connectivity index (χ1) is 8.25. The van der Waals surface area contributed by atoms with Crippen LogP contribution in [0.1, 0.15) is 0 Å². The van der Waals surface area contributed by atoms with Crippen LogP contribution in [0, 0.1) is 0 Å². The standard InChI is InChI=1S/C12H20N4O/c1-15-5-7-16(8-6-15)9-10-17-11-3-2-4-14-12(11)13/h2-4H,5-10H2,1H3,(H2,13,14). The van der Waals surface area contributed by atoms with Crippen LogP contribution in [0.25, 0.3) is 0 Å². The molecule has 0 spiro atoms. The fourth-order valence-corrected chi connectivity index (χ4v) is 1.88. The van der Waals surface area contributed by atoms with E-state index in [1.165, 1.54) is 0 Å². The number of nitrogen functional groups attached to an aromatic ring is 1. The molecule has 94 valence electrons. The summed E-state index contributed by atoms with van der Waals surface area (Å²) in [5, 5.41) is 0. The highest BCUT2D eigenvalue weighted by atomic mass is 16.5. The van der Waals surface area contributed by atoms with Crippen LogP contribution in [-0.2, 0) is 0 Å². The van der Waals surface area contributed by atoms with Crippen molar-refractivity contribution in [2.75, 3.05) is 52.1 Å². The van der Waals surface area contributed by atoms with Crippen LogP contribution >= 0.6 is 0 Å². The molecule has 2 N–H and O–H groups in total. The molecular formula is C12H20N4O. The van der Waals surface area contributed by atoms with Gasteiger partial charge in [-0.3, -0.25) is 4.90 Å². The molecule has 0 aromatic carbocycles. The molecule has 1 aromatic rings. The van der Waals surface area contributed by atoms with Crippen LogP contribution in [0.3, 0.4) is 0 Å². The van der Waals surface area contributed by atoms with Gasteiger partial charge in [-0.25, -0.2) is 4.98 Å². The Morgan fingerprint density at radius 3 is 2.82 bits per heavy atom. The number of hydrogen-bond acceptors (Lipinski definition) is 5. The minimum absolute atomic E-state index is 0.464. The third kappa shape index (κ3) is 3.57. The Morgan fingerprint density at radius 1 is 1.35 bits per heavy atom. The maximum absolute atomic E-state index is 5.70. The van der Waals surface area contributed by atoms with Gasteiger partial charge in [-0.1, -0.05) is 0 Å². The van der Waals surface area contributed by atoms with Crippen molar-refractivity contribution in [3.63, 3.8) is 0 Å². The highest BCUT2D eigenvalue weighted by Gasteiger charge is 2.13. The van der Waals surface area contributed by atoms with E-state index < -0.39 is 0 Å². The molecule has 1 saturated heterocycles. The Hall–Kier alpha value is -1.33. The number of nitrogens with zero attached hydrogens (tertiary/aromatic N) is 3. The van der Waals surface area contributed by atoms with E-state index in [2.05, 4.69) is 21.8 Å². The zero-order valence-electron chi connectivity index (χ0n) is 10.3. The van der Waals surface area contributed by atoms with E-state index in [4.69, 9.17) is 10.5 Å². The topological polar surface area (TPSA) is 54.6 Å². The van der Waals surface area contributed by atoms with Gasteiger partial charge in [-0.15, -0.1) is 0 Å². The first kappa shape index (κ1) is 12.1. The highest BCUT2D eigenvalue weighted by molar-refractivity contribution is 5.44. The summed E-state index contributed by atoms with van der Waals surface area (Å²) < 4.78 is 5.62. The Bertz CT molecular complexity index is 350. The molecule has 1 fully saturated rings. The van der Waals surface area contributed by atoms with Crippen molar-refractivity contribution in [3.05, 3.63) is 18.3 Å². The lowest BCUT2D eigenvalue weighted by Crippen LogP contribution is -2.45. The van der Waals surface area contributed by atoms with Gasteiger partial charge in [0, 0.05) is 38.9 Å².